The van der Waals surface area contributed by atoms with Crippen LogP contribution < -0.4 is 10.6 Å². The molecule has 1 aromatic heterocycles. The lowest BCUT2D eigenvalue weighted by atomic mass is 9.92. The van der Waals surface area contributed by atoms with Gasteiger partial charge in [0.1, 0.15) is 5.82 Å². The Balaban J connectivity index is 1.70. The standard InChI is InChI=1S/C25H28N4O2/c1-18-10-8-9-13-20(18)29-22(16-21(28-29)25(2,3)4)27-24(31)17-26-23(30)15-14-19-11-6-5-7-12-19/h5-16H,17H2,1-4H3,(H,26,30)(H,27,31). The highest BCUT2D eigenvalue weighted by molar-refractivity contribution is 5.97. The molecule has 0 atom stereocenters. The number of anilines is 1. The van der Waals surface area contributed by atoms with Gasteiger partial charge in [-0.1, -0.05) is 69.3 Å². The highest BCUT2D eigenvalue weighted by atomic mass is 16.2. The maximum Gasteiger partial charge on any atom is 0.244 e. The molecule has 1 heterocycles. The number of carbonyl (C=O) groups is 2. The summed E-state index contributed by atoms with van der Waals surface area (Å²) in [6.45, 7) is 8.08. The normalized spacial score (nSPS) is 11.5. The topological polar surface area (TPSA) is 76.0 Å². The Bertz CT molecular complexity index is 1090. The first-order valence-corrected chi connectivity index (χ1v) is 10.2. The van der Waals surface area contributed by atoms with E-state index in [1.54, 1.807) is 10.8 Å². The molecule has 0 spiro atoms. The van der Waals surface area contributed by atoms with Crippen molar-refractivity contribution in [1.29, 1.82) is 0 Å². The number of hydrogen-bond acceptors (Lipinski definition) is 3. The van der Waals surface area contributed by atoms with E-state index in [1.807, 2.05) is 67.6 Å². The lowest BCUT2D eigenvalue weighted by Gasteiger charge is -2.14. The minimum atomic E-state index is -0.332. The van der Waals surface area contributed by atoms with Gasteiger partial charge in [0.05, 0.1) is 17.9 Å². The molecule has 0 aliphatic heterocycles. The van der Waals surface area contributed by atoms with Crippen molar-refractivity contribution in [1.82, 2.24) is 15.1 Å². The van der Waals surface area contributed by atoms with E-state index < -0.39 is 0 Å². The predicted molar refractivity (Wildman–Crippen MR) is 124 cm³/mol. The summed E-state index contributed by atoms with van der Waals surface area (Å²) in [5, 5.41) is 10.2. The van der Waals surface area contributed by atoms with Crippen LogP contribution in [-0.2, 0) is 15.0 Å². The Morgan fingerprint density at radius 1 is 1.03 bits per heavy atom. The smallest absolute Gasteiger partial charge is 0.244 e. The molecule has 6 nitrogen and oxygen atoms in total. The third kappa shape index (κ3) is 5.92. The summed E-state index contributed by atoms with van der Waals surface area (Å²) in [5.74, 6) is -0.0863. The second kappa shape index (κ2) is 9.43. The van der Waals surface area contributed by atoms with Crippen LogP contribution in [0.3, 0.4) is 0 Å². The van der Waals surface area contributed by atoms with Crippen molar-refractivity contribution < 1.29 is 9.59 Å². The predicted octanol–water partition coefficient (Wildman–Crippen LogP) is 4.25. The van der Waals surface area contributed by atoms with Crippen molar-refractivity contribution in [3.8, 4) is 5.69 Å². The zero-order valence-corrected chi connectivity index (χ0v) is 18.3. The average Bonchev–Trinajstić information content (AvgIpc) is 3.16. The van der Waals surface area contributed by atoms with Crippen molar-refractivity contribution in [2.24, 2.45) is 0 Å². The maximum absolute atomic E-state index is 12.5. The van der Waals surface area contributed by atoms with Gasteiger partial charge in [-0.05, 0) is 30.2 Å². The fourth-order valence-electron chi connectivity index (χ4n) is 2.97. The minimum Gasteiger partial charge on any atom is -0.343 e. The van der Waals surface area contributed by atoms with Gasteiger partial charge >= 0.3 is 0 Å². The summed E-state index contributed by atoms with van der Waals surface area (Å²) in [6, 6.07) is 19.2. The summed E-state index contributed by atoms with van der Waals surface area (Å²) in [6.07, 6.45) is 3.12. The first-order valence-electron chi connectivity index (χ1n) is 10.2. The average molecular weight is 417 g/mol. The lowest BCUT2D eigenvalue weighted by Crippen LogP contribution is -2.32. The van der Waals surface area contributed by atoms with Gasteiger partial charge in [-0.2, -0.15) is 5.10 Å². The largest absolute Gasteiger partial charge is 0.343 e. The van der Waals surface area contributed by atoms with E-state index in [9.17, 15) is 9.59 Å². The number of aromatic nitrogens is 2. The van der Waals surface area contributed by atoms with Gasteiger partial charge in [0, 0.05) is 17.6 Å². The van der Waals surface area contributed by atoms with Gasteiger partial charge in [0.2, 0.25) is 11.8 Å². The van der Waals surface area contributed by atoms with Crippen LogP contribution >= 0.6 is 0 Å². The van der Waals surface area contributed by atoms with Crippen LogP contribution in [0.25, 0.3) is 11.8 Å². The first-order chi connectivity index (χ1) is 14.7. The summed E-state index contributed by atoms with van der Waals surface area (Å²) in [7, 11) is 0. The molecule has 0 saturated carbocycles. The number of hydrogen-bond donors (Lipinski definition) is 2. The molecular formula is C25H28N4O2. The highest BCUT2D eigenvalue weighted by Crippen LogP contribution is 2.27. The number of rotatable bonds is 6. The van der Waals surface area contributed by atoms with E-state index in [-0.39, 0.29) is 23.8 Å². The van der Waals surface area contributed by atoms with Gasteiger partial charge in [-0.3, -0.25) is 9.59 Å². The van der Waals surface area contributed by atoms with Crippen molar-refractivity contribution in [3.05, 3.63) is 83.6 Å². The van der Waals surface area contributed by atoms with Gasteiger partial charge in [0.25, 0.3) is 0 Å². The number of benzene rings is 2. The third-order valence-corrected chi connectivity index (χ3v) is 4.74. The molecule has 0 aliphatic carbocycles. The maximum atomic E-state index is 12.5. The van der Waals surface area contributed by atoms with E-state index in [0.717, 1.165) is 22.5 Å². The van der Waals surface area contributed by atoms with Crippen LogP contribution in [0.15, 0.2) is 66.7 Å². The molecule has 0 radical (unpaired) electrons. The number of carbonyl (C=O) groups excluding carboxylic acids is 2. The van der Waals surface area contributed by atoms with E-state index in [1.165, 1.54) is 6.08 Å². The monoisotopic (exact) mass is 416 g/mol. The van der Waals surface area contributed by atoms with Crippen LogP contribution in [0.1, 0.15) is 37.6 Å². The molecule has 2 aromatic carbocycles. The third-order valence-electron chi connectivity index (χ3n) is 4.74. The van der Waals surface area contributed by atoms with Gasteiger partial charge < -0.3 is 10.6 Å². The molecule has 0 aliphatic rings. The minimum absolute atomic E-state index is 0.137. The molecule has 3 aromatic rings. The van der Waals surface area contributed by atoms with Crippen molar-refractivity contribution in [2.75, 3.05) is 11.9 Å². The molecule has 0 bridgehead atoms. The van der Waals surface area contributed by atoms with Crippen molar-refractivity contribution in [3.63, 3.8) is 0 Å². The van der Waals surface area contributed by atoms with Gasteiger partial charge in [0.15, 0.2) is 0 Å². The Morgan fingerprint density at radius 3 is 2.39 bits per heavy atom. The van der Waals surface area contributed by atoms with Crippen LogP contribution in [-0.4, -0.2) is 28.1 Å². The molecule has 0 unspecified atom stereocenters. The summed E-state index contributed by atoms with van der Waals surface area (Å²) < 4.78 is 1.74. The SMILES string of the molecule is Cc1ccccc1-n1nc(C(C)(C)C)cc1NC(=O)CNC(=O)C=Cc1ccccc1. The first kappa shape index (κ1) is 22.0. The number of nitrogens with one attached hydrogen (secondary N) is 2. The molecule has 3 rings (SSSR count). The van der Waals surface area contributed by atoms with Crippen molar-refractivity contribution >= 4 is 23.7 Å². The molecule has 0 fully saturated rings. The fourth-order valence-corrected chi connectivity index (χ4v) is 2.97. The second-order valence-electron chi connectivity index (χ2n) is 8.37. The van der Waals surface area contributed by atoms with E-state index >= 15 is 0 Å². The molecule has 0 saturated heterocycles. The zero-order valence-electron chi connectivity index (χ0n) is 18.3. The van der Waals surface area contributed by atoms with Gasteiger partial charge in [-0.25, -0.2) is 4.68 Å². The Labute approximate surface area is 183 Å². The van der Waals surface area contributed by atoms with Crippen LogP contribution in [0.4, 0.5) is 5.82 Å². The van der Waals surface area contributed by atoms with Crippen LogP contribution in [0.5, 0.6) is 0 Å². The van der Waals surface area contributed by atoms with Crippen molar-refractivity contribution in [2.45, 2.75) is 33.1 Å². The summed E-state index contributed by atoms with van der Waals surface area (Å²) in [5.41, 5.74) is 3.54. The summed E-state index contributed by atoms with van der Waals surface area (Å²) in [4.78, 5) is 24.6. The number of nitrogens with zero attached hydrogens (tertiary/aromatic N) is 2. The quantitative estimate of drug-likeness (QED) is 0.590. The molecule has 2 N–H and O–H groups in total. The van der Waals surface area contributed by atoms with Crippen LogP contribution in [0.2, 0.25) is 0 Å². The molecule has 2 amide bonds. The number of aryl methyl sites for hydroxylation is 1. The van der Waals surface area contributed by atoms with Crippen LogP contribution in [0, 0.1) is 6.92 Å². The van der Waals surface area contributed by atoms with E-state index in [2.05, 4.69) is 31.4 Å². The number of amides is 2. The van der Waals surface area contributed by atoms with E-state index in [4.69, 9.17) is 5.10 Å². The Kier molecular flexibility index (Phi) is 6.70. The van der Waals surface area contributed by atoms with Gasteiger partial charge in [-0.15, -0.1) is 0 Å². The lowest BCUT2D eigenvalue weighted by molar-refractivity contribution is -0.121. The molecule has 160 valence electrons. The molecular weight excluding hydrogens is 388 g/mol. The highest BCUT2D eigenvalue weighted by Gasteiger charge is 2.22. The second-order valence-corrected chi connectivity index (χ2v) is 8.37. The fraction of sp³-hybridized carbons (Fsp3) is 0.240. The molecule has 6 heteroatoms. The molecule has 31 heavy (non-hydrogen) atoms. The Morgan fingerprint density at radius 2 is 1.71 bits per heavy atom. The number of para-hydroxylation sites is 1. The Hall–Kier alpha value is -3.67. The zero-order chi connectivity index (χ0) is 22.4. The van der Waals surface area contributed by atoms with E-state index in [0.29, 0.717) is 5.82 Å². The summed E-state index contributed by atoms with van der Waals surface area (Å²) >= 11 is 0.